The standard InChI is InChI=1S/C12H16F3N5.ClH/c1-8-4-10(19(2)17-8)7-16-6-9-5-11(12(13,14)15)20(3)18-9;/h4-5,16H,6-7H2,1-3H3;1H. The fraction of sp³-hybridized carbons (Fsp3) is 0.500. The quantitative estimate of drug-likeness (QED) is 0.938. The van der Waals surface area contributed by atoms with Crippen molar-refractivity contribution in [2.45, 2.75) is 26.2 Å². The van der Waals surface area contributed by atoms with Gasteiger partial charge in [0.1, 0.15) is 5.69 Å². The highest BCUT2D eigenvalue weighted by atomic mass is 35.5. The molecule has 0 amide bonds. The molecule has 0 fully saturated rings. The summed E-state index contributed by atoms with van der Waals surface area (Å²) in [7, 11) is 3.11. The van der Waals surface area contributed by atoms with Gasteiger partial charge < -0.3 is 5.32 Å². The van der Waals surface area contributed by atoms with E-state index in [-0.39, 0.29) is 19.0 Å². The minimum atomic E-state index is -4.38. The van der Waals surface area contributed by atoms with Crippen LogP contribution in [0.1, 0.15) is 22.8 Å². The number of alkyl halides is 3. The van der Waals surface area contributed by atoms with Gasteiger partial charge in [-0.05, 0) is 19.1 Å². The largest absolute Gasteiger partial charge is 0.433 e. The van der Waals surface area contributed by atoms with Gasteiger partial charge in [0.2, 0.25) is 0 Å². The lowest BCUT2D eigenvalue weighted by atomic mass is 10.3. The van der Waals surface area contributed by atoms with Crippen LogP contribution in [0.15, 0.2) is 12.1 Å². The summed E-state index contributed by atoms with van der Waals surface area (Å²) in [6.45, 7) is 2.68. The molecule has 0 aliphatic carbocycles. The molecule has 21 heavy (non-hydrogen) atoms. The smallest absolute Gasteiger partial charge is 0.305 e. The minimum Gasteiger partial charge on any atom is -0.305 e. The van der Waals surface area contributed by atoms with Crippen molar-refractivity contribution in [3.05, 3.63) is 34.9 Å². The van der Waals surface area contributed by atoms with E-state index in [1.807, 2.05) is 20.0 Å². The van der Waals surface area contributed by atoms with E-state index in [0.717, 1.165) is 22.1 Å². The van der Waals surface area contributed by atoms with Gasteiger partial charge in [0, 0.05) is 27.2 Å². The summed E-state index contributed by atoms with van der Waals surface area (Å²) in [6.07, 6.45) is -4.38. The number of nitrogens with one attached hydrogen (secondary N) is 1. The second kappa shape index (κ2) is 6.48. The second-order valence-electron chi connectivity index (χ2n) is 4.65. The second-order valence-corrected chi connectivity index (χ2v) is 4.65. The van der Waals surface area contributed by atoms with E-state index in [9.17, 15) is 13.2 Å². The minimum absolute atomic E-state index is 0. The Morgan fingerprint density at radius 1 is 1.10 bits per heavy atom. The van der Waals surface area contributed by atoms with E-state index >= 15 is 0 Å². The first kappa shape index (κ1) is 17.5. The number of nitrogens with zero attached hydrogens (tertiary/aromatic N) is 4. The fourth-order valence-corrected chi connectivity index (χ4v) is 2.03. The van der Waals surface area contributed by atoms with Crippen LogP contribution in [-0.2, 0) is 33.4 Å². The Bertz CT molecular complexity index is 603. The summed E-state index contributed by atoms with van der Waals surface area (Å²) >= 11 is 0. The molecule has 0 radical (unpaired) electrons. The molecule has 0 bridgehead atoms. The topological polar surface area (TPSA) is 47.7 Å². The lowest BCUT2D eigenvalue weighted by Gasteiger charge is -2.04. The number of hydrogen-bond acceptors (Lipinski definition) is 3. The van der Waals surface area contributed by atoms with Crippen LogP contribution in [0.25, 0.3) is 0 Å². The maximum Gasteiger partial charge on any atom is 0.433 e. The lowest BCUT2D eigenvalue weighted by molar-refractivity contribution is -0.143. The first-order valence-electron chi connectivity index (χ1n) is 6.07. The molecule has 2 heterocycles. The van der Waals surface area contributed by atoms with Crippen LogP contribution in [-0.4, -0.2) is 19.6 Å². The third-order valence-electron chi connectivity index (χ3n) is 2.93. The van der Waals surface area contributed by atoms with Gasteiger partial charge in [-0.15, -0.1) is 12.4 Å². The molecule has 0 saturated heterocycles. The zero-order valence-corrected chi connectivity index (χ0v) is 12.7. The normalized spacial score (nSPS) is 11.5. The van der Waals surface area contributed by atoms with Crippen molar-refractivity contribution in [2.24, 2.45) is 14.1 Å². The highest BCUT2D eigenvalue weighted by Gasteiger charge is 2.34. The molecule has 2 aromatic rings. The summed E-state index contributed by atoms with van der Waals surface area (Å²) < 4.78 is 40.4. The highest BCUT2D eigenvalue weighted by Crippen LogP contribution is 2.29. The summed E-state index contributed by atoms with van der Waals surface area (Å²) in [5, 5.41) is 11.1. The summed E-state index contributed by atoms with van der Waals surface area (Å²) in [5.41, 5.74) is 1.49. The van der Waals surface area contributed by atoms with Gasteiger partial charge >= 0.3 is 6.18 Å². The van der Waals surface area contributed by atoms with Crippen LogP contribution in [0.5, 0.6) is 0 Å². The molecule has 1 N–H and O–H groups in total. The van der Waals surface area contributed by atoms with Crippen molar-refractivity contribution in [2.75, 3.05) is 0 Å². The molecule has 118 valence electrons. The van der Waals surface area contributed by atoms with Gasteiger partial charge in [-0.25, -0.2) is 0 Å². The van der Waals surface area contributed by atoms with E-state index < -0.39 is 11.9 Å². The molecular weight excluding hydrogens is 307 g/mol. The molecule has 0 aliphatic rings. The predicted octanol–water partition coefficient (Wildman–Crippen LogP) is 2.19. The zero-order valence-electron chi connectivity index (χ0n) is 11.9. The zero-order chi connectivity index (χ0) is 14.9. The van der Waals surface area contributed by atoms with Crippen LogP contribution in [0, 0.1) is 6.92 Å². The number of rotatable bonds is 4. The maximum atomic E-state index is 12.6. The van der Waals surface area contributed by atoms with E-state index in [0.29, 0.717) is 12.2 Å². The molecule has 2 rings (SSSR count). The van der Waals surface area contributed by atoms with Crippen LogP contribution < -0.4 is 5.32 Å². The lowest BCUT2D eigenvalue weighted by Crippen LogP contribution is -2.15. The van der Waals surface area contributed by atoms with Crippen LogP contribution in [0.2, 0.25) is 0 Å². The number of aryl methyl sites for hydroxylation is 3. The Morgan fingerprint density at radius 3 is 2.24 bits per heavy atom. The van der Waals surface area contributed by atoms with Gasteiger partial charge in [-0.2, -0.15) is 23.4 Å². The number of aromatic nitrogens is 4. The summed E-state index contributed by atoms with van der Waals surface area (Å²) in [4.78, 5) is 0. The molecule has 0 unspecified atom stereocenters. The Kier molecular flexibility index (Phi) is 5.41. The average Bonchev–Trinajstić information content (AvgIpc) is 2.82. The van der Waals surface area contributed by atoms with Gasteiger partial charge in [-0.3, -0.25) is 9.36 Å². The van der Waals surface area contributed by atoms with Crippen molar-refractivity contribution in [1.82, 2.24) is 24.9 Å². The molecule has 9 heteroatoms. The molecule has 0 aliphatic heterocycles. The third kappa shape index (κ3) is 4.21. The SMILES string of the molecule is Cc1cc(CNCc2cc(C(F)(F)F)n(C)n2)n(C)n1.Cl. The molecule has 0 spiro atoms. The predicted molar refractivity (Wildman–Crippen MR) is 73.9 cm³/mol. The molecular formula is C12H17ClF3N5. The first-order valence-corrected chi connectivity index (χ1v) is 6.07. The fourth-order valence-electron chi connectivity index (χ4n) is 2.03. The Morgan fingerprint density at radius 2 is 1.76 bits per heavy atom. The van der Waals surface area contributed by atoms with E-state index in [1.54, 1.807) is 4.68 Å². The maximum absolute atomic E-state index is 12.6. The van der Waals surface area contributed by atoms with Gasteiger partial charge in [0.05, 0.1) is 17.1 Å². The molecule has 2 aromatic heterocycles. The highest BCUT2D eigenvalue weighted by molar-refractivity contribution is 5.85. The Balaban J connectivity index is 0.00000220. The van der Waals surface area contributed by atoms with Crippen molar-refractivity contribution < 1.29 is 13.2 Å². The monoisotopic (exact) mass is 323 g/mol. The van der Waals surface area contributed by atoms with Crippen LogP contribution in [0.4, 0.5) is 13.2 Å². The van der Waals surface area contributed by atoms with Gasteiger partial charge in [0.25, 0.3) is 0 Å². The third-order valence-corrected chi connectivity index (χ3v) is 2.93. The average molecular weight is 324 g/mol. The number of hydrogen-bond donors (Lipinski definition) is 1. The van der Waals surface area contributed by atoms with Gasteiger partial charge in [0.15, 0.2) is 0 Å². The van der Waals surface area contributed by atoms with E-state index in [2.05, 4.69) is 15.5 Å². The van der Waals surface area contributed by atoms with Crippen molar-refractivity contribution in [1.29, 1.82) is 0 Å². The van der Waals surface area contributed by atoms with Crippen molar-refractivity contribution in [3.8, 4) is 0 Å². The van der Waals surface area contributed by atoms with Crippen molar-refractivity contribution in [3.63, 3.8) is 0 Å². The molecule has 5 nitrogen and oxygen atoms in total. The Labute approximate surface area is 126 Å². The van der Waals surface area contributed by atoms with Crippen molar-refractivity contribution >= 4 is 12.4 Å². The van der Waals surface area contributed by atoms with Crippen LogP contribution in [0.3, 0.4) is 0 Å². The number of halogens is 4. The van der Waals surface area contributed by atoms with E-state index in [4.69, 9.17) is 0 Å². The summed E-state index contributed by atoms with van der Waals surface area (Å²) in [6, 6.07) is 2.98. The van der Waals surface area contributed by atoms with Gasteiger partial charge in [-0.1, -0.05) is 0 Å². The molecule has 0 saturated carbocycles. The first-order chi connectivity index (χ1) is 9.27. The van der Waals surface area contributed by atoms with E-state index in [1.165, 1.54) is 7.05 Å². The summed E-state index contributed by atoms with van der Waals surface area (Å²) in [5.74, 6) is 0. The Hall–Kier alpha value is -1.54. The molecule has 0 atom stereocenters. The van der Waals surface area contributed by atoms with Crippen LogP contribution >= 0.6 is 12.4 Å². The molecule has 0 aromatic carbocycles.